The summed E-state index contributed by atoms with van der Waals surface area (Å²) in [5.74, 6) is -1.19. The molecule has 1 saturated heterocycles. The number of aliphatic hydroxyl groups excluding tert-OH is 1. The molecule has 1 heterocycles. The van der Waals surface area contributed by atoms with Gasteiger partial charge in [0.15, 0.2) is 9.84 Å². The second-order valence-electron chi connectivity index (χ2n) is 6.80. The Hall–Kier alpha value is -2.07. The fourth-order valence-electron chi connectivity index (χ4n) is 3.26. The number of halogens is 2. The molecule has 0 unspecified atom stereocenters. The van der Waals surface area contributed by atoms with Crippen LogP contribution in [0.25, 0.3) is 0 Å². The van der Waals surface area contributed by atoms with E-state index in [1.807, 2.05) is 0 Å². The Bertz CT molecular complexity index is 1230. The van der Waals surface area contributed by atoms with Gasteiger partial charge in [-0.2, -0.15) is 9.57 Å². The predicted molar refractivity (Wildman–Crippen MR) is 104 cm³/mol. The summed E-state index contributed by atoms with van der Waals surface area (Å²) < 4.78 is 66.8. The number of aliphatic hydroxyl groups is 2. The van der Waals surface area contributed by atoms with Gasteiger partial charge in [-0.15, -0.1) is 0 Å². The van der Waals surface area contributed by atoms with Crippen LogP contribution in [-0.4, -0.2) is 61.9 Å². The number of β-amino-alcohol motifs (C(OH)–C–C–N with tert-alkyl or cyclic N) is 1. The average Bonchev–Trinajstić information content (AvgIpc) is 3.08. The number of sulfone groups is 1. The van der Waals surface area contributed by atoms with Crippen molar-refractivity contribution in [2.75, 3.05) is 19.7 Å². The van der Waals surface area contributed by atoms with Crippen molar-refractivity contribution in [1.82, 2.24) is 4.31 Å². The molecule has 0 radical (unpaired) electrons. The van der Waals surface area contributed by atoms with Crippen LogP contribution in [0.3, 0.4) is 0 Å². The van der Waals surface area contributed by atoms with E-state index in [-0.39, 0.29) is 15.5 Å². The Morgan fingerprint density at radius 2 is 1.83 bits per heavy atom. The minimum atomic E-state index is -4.57. The van der Waals surface area contributed by atoms with Gasteiger partial charge >= 0.3 is 0 Å². The van der Waals surface area contributed by atoms with Gasteiger partial charge in [0.1, 0.15) is 21.6 Å². The van der Waals surface area contributed by atoms with E-state index in [0.717, 1.165) is 18.2 Å². The molecule has 2 atom stereocenters. The lowest BCUT2D eigenvalue weighted by Crippen LogP contribution is -2.49. The van der Waals surface area contributed by atoms with Crippen LogP contribution in [0.1, 0.15) is 5.56 Å². The molecule has 8 nitrogen and oxygen atoms in total. The van der Waals surface area contributed by atoms with Gasteiger partial charge in [-0.25, -0.2) is 21.2 Å². The molecule has 2 N–H and O–H groups in total. The van der Waals surface area contributed by atoms with E-state index in [0.29, 0.717) is 4.31 Å². The first-order chi connectivity index (χ1) is 14.0. The molecule has 1 fully saturated rings. The van der Waals surface area contributed by atoms with Gasteiger partial charge in [0.25, 0.3) is 0 Å². The maximum absolute atomic E-state index is 14.3. The number of benzene rings is 2. The molecule has 0 saturated carbocycles. The first-order valence-electron chi connectivity index (χ1n) is 8.48. The lowest BCUT2D eigenvalue weighted by atomic mass is 10.1. The quantitative estimate of drug-likeness (QED) is 0.657. The van der Waals surface area contributed by atoms with Crippen molar-refractivity contribution in [3.05, 3.63) is 58.9 Å². The van der Waals surface area contributed by atoms with Gasteiger partial charge in [-0.05, 0) is 42.5 Å². The highest BCUT2D eigenvalue weighted by Gasteiger charge is 2.55. The third-order valence-electron chi connectivity index (χ3n) is 4.89. The van der Waals surface area contributed by atoms with Crippen LogP contribution in [-0.2, 0) is 19.9 Å². The zero-order valence-electron chi connectivity index (χ0n) is 15.2. The maximum atomic E-state index is 14.3. The molecule has 0 aromatic heterocycles. The van der Waals surface area contributed by atoms with Crippen molar-refractivity contribution in [3.8, 4) is 6.07 Å². The topological polar surface area (TPSA) is 136 Å². The van der Waals surface area contributed by atoms with Crippen molar-refractivity contribution in [1.29, 1.82) is 5.26 Å². The molecule has 0 spiro atoms. The lowest BCUT2D eigenvalue weighted by molar-refractivity contribution is 0.00159. The summed E-state index contributed by atoms with van der Waals surface area (Å²) in [6.07, 6.45) is 0. The molecule has 3 rings (SSSR count). The first kappa shape index (κ1) is 22.6. The van der Waals surface area contributed by atoms with Crippen molar-refractivity contribution in [2.24, 2.45) is 0 Å². The van der Waals surface area contributed by atoms with Crippen LogP contribution in [0.5, 0.6) is 0 Å². The van der Waals surface area contributed by atoms with Crippen molar-refractivity contribution < 1.29 is 31.4 Å². The van der Waals surface area contributed by atoms with E-state index >= 15 is 0 Å². The summed E-state index contributed by atoms with van der Waals surface area (Å²) in [5, 5.41) is 27.8. The molecule has 160 valence electrons. The number of hydrogen-bond acceptors (Lipinski definition) is 7. The Morgan fingerprint density at radius 1 is 1.20 bits per heavy atom. The summed E-state index contributed by atoms with van der Waals surface area (Å²) in [5.41, 5.74) is -2.41. The highest BCUT2D eigenvalue weighted by Crippen LogP contribution is 2.35. The molecule has 0 amide bonds. The van der Waals surface area contributed by atoms with Crippen LogP contribution >= 0.6 is 11.6 Å². The molecule has 30 heavy (non-hydrogen) atoms. The Kier molecular flexibility index (Phi) is 5.94. The second-order valence-corrected chi connectivity index (χ2v) is 11.3. The summed E-state index contributed by atoms with van der Waals surface area (Å²) in [4.78, 5) is -0.987. The first-order valence-corrected chi connectivity index (χ1v) is 11.8. The maximum Gasteiger partial charge on any atom is 0.246 e. The second kappa shape index (κ2) is 7.88. The summed E-state index contributed by atoms with van der Waals surface area (Å²) >= 11 is 5.76. The zero-order valence-corrected chi connectivity index (χ0v) is 17.6. The summed E-state index contributed by atoms with van der Waals surface area (Å²) in [6.45, 7) is -2.50. The van der Waals surface area contributed by atoms with Gasteiger partial charge in [0, 0.05) is 18.1 Å². The molecular weight excluding hydrogens is 459 g/mol. The van der Waals surface area contributed by atoms with E-state index in [4.69, 9.17) is 16.9 Å². The van der Waals surface area contributed by atoms with E-state index in [1.54, 1.807) is 6.07 Å². The van der Waals surface area contributed by atoms with Crippen molar-refractivity contribution >= 4 is 31.5 Å². The Balaban J connectivity index is 2.02. The van der Waals surface area contributed by atoms with Crippen molar-refractivity contribution in [2.45, 2.75) is 20.6 Å². The van der Waals surface area contributed by atoms with E-state index in [2.05, 4.69) is 0 Å². The average molecular weight is 475 g/mol. The minimum Gasteiger partial charge on any atom is -0.393 e. The molecule has 1 aliphatic heterocycles. The molecule has 1 aliphatic rings. The van der Waals surface area contributed by atoms with Gasteiger partial charge in [0.2, 0.25) is 10.0 Å². The number of hydrogen-bond donors (Lipinski definition) is 2. The number of nitriles is 1. The number of rotatable bonds is 5. The van der Waals surface area contributed by atoms with Crippen LogP contribution in [0.2, 0.25) is 5.02 Å². The van der Waals surface area contributed by atoms with Crippen LogP contribution < -0.4 is 0 Å². The van der Waals surface area contributed by atoms with Gasteiger partial charge in [-0.3, -0.25) is 0 Å². The number of sulfonamides is 1. The van der Waals surface area contributed by atoms with Gasteiger partial charge < -0.3 is 10.2 Å². The summed E-state index contributed by atoms with van der Waals surface area (Å²) in [6, 6.07) is 9.46. The van der Waals surface area contributed by atoms with Crippen LogP contribution in [0.15, 0.2) is 52.3 Å². The minimum absolute atomic E-state index is 0.0945. The van der Waals surface area contributed by atoms with Crippen LogP contribution in [0, 0.1) is 17.1 Å². The summed E-state index contributed by atoms with van der Waals surface area (Å²) in [7, 11) is -8.85. The highest BCUT2D eigenvalue weighted by atomic mass is 35.5. The van der Waals surface area contributed by atoms with E-state index in [1.165, 1.54) is 24.3 Å². The van der Waals surface area contributed by atoms with E-state index < -0.39 is 61.1 Å². The third-order valence-corrected chi connectivity index (χ3v) is 9.25. The highest BCUT2D eigenvalue weighted by molar-refractivity contribution is 7.92. The van der Waals surface area contributed by atoms with Gasteiger partial charge in [-0.1, -0.05) is 11.6 Å². The fourth-order valence-corrected chi connectivity index (χ4v) is 6.99. The normalized spacial score (nSPS) is 22.7. The molecule has 12 heteroatoms. The molecular formula is C18H16ClFN2O6S2. The SMILES string of the molecule is N#Cc1ccc(S(=O)(=O)N2C[C@H](S(=O)(=O)c3ccc(Cl)cc3)[C@](O)(CO)C2)c(F)c1. The largest absolute Gasteiger partial charge is 0.393 e. The zero-order chi connectivity index (χ0) is 22.3. The van der Waals surface area contributed by atoms with Crippen molar-refractivity contribution in [3.63, 3.8) is 0 Å². The standard InChI is InChI=1S/C18H16ClFN2O6S2/c19-13-2-4-14(5-3-13)29(25,26)17-9-22(10-18(17,24)11-23)30(27,28)16-6-1-12(8-21)7-15(16)20/h1-7,17,23-24H,9-11H2/t17-,18+/m0/s1. The van der Waals surface area contributed by atoms with E-state index in [9.17, 15) is 31.4 Å². The Morgan fingerprint density at radius 3 is 2.37 bits per heavy atom. The molecule has 0 aliphatic carbocycles. The monoisotopic (exact) mass is 474 g/mol. The molecule has 2 aromatic rings. The van der Waals surface area contributed by atoms with Crippen LogP contribution in [0.4, 0.5) is 4.39 Å². The van der Waals surface area contributed by atoms with Gasteiger partial charge in [0.05, 0.1) is 23.1 Å². The predicted octanol–water partition coefficient (Wildman–Crippen LogP) is 0.921. The molecule has 0 bridgehead atoms. The number of nitrogens with zero attached hydrogens (tertiary/aromatic N) is 2. The smallest absolute Gasteiger partial charge is 0.246 e. The Labute approximate surface area is 177 Å². The third kappa shape index (κ3) is 3.82. The lowest BCUT2D eigenvalue weighted by Gasteiger charge is -2.26. The molecule has 2 aromatic carbocycles. The fraction of sp³-hybridized carbons (Fsp3) is 0.278.